The minimum absolute atomic E-state index is 0.207. The van der Waals surface area contributed by atoms with Crippen LogP contribution < -0.4 is 10.6 Å². The Bertz CT molecular complexity index is 131. The molecular formula is C10H22N2O. The minimum atomic E-state index is -0.207. The summed E-state index contributed by atoms with van der Waals surface area (Å²) in [6.45, 7) is 6.94. The van der Waals surface area contributed by atoms with Crippen LogP contribution >= 0.6 is 0 Å². The van der Waals surface area contributed by atoms with E-state index in [9.17, 15) is 5.11 Å². The van der Waals surface area contributed by atoms with E-state index in [2.05, 4.69) is 10.6 Å². The fourth-order valence-electron chi connectivity index (χ4n) is 1.57. The quantitative estimate of drug-likeness (QED) is 0.580. The van der Waals surface area contributed by atoms with Gasteiger partial charge in [0.2, 0.25) is 0 Å². The van der Waals surface area contributed by atoms with Crippen molar-refractivity contribution in [2.24, 2.45) is 5.92 Å². The zero-order chi connectivity index (χ0) is 9.68. The van der Waals surface area contributed by atoms with Crippen molar-refractivity contribution in [3.63, 3.8) is 0 Å². The highest BCUT2D eigenvalue weighted by Crippen LogP contribution is 2.03. The number of nitrogens with one attached hydrogen (secondary N) is 2. The van der Waals surface area contributed by atoms with Gasteiger partial charge in [-0.3, -0.25) is 0 Å². The zero-order valence-corrected chi connectivity index (χ0v) is 8.71. The summed E-state index contributed by atoms with van der Waals surface area (Å²) in [5, 5.41) is 16.2. The molecule has 0 amide bonds. The third-order valence-corrected chi connectivity index (χ3v) is 2.68. The molecule has 3 nitrogen and oxygen atoms in total. The maximum absolute atomic E-state index is 9.52. The molecule has 0 aromatic heterocycles. The van der Waals surface area contributed by atoms with Crippen LogP contribution in [0.4, 0.5) is 0 Å². The van der Waals surface area contributed by atoms with Crippen LogP contribution in [0.25, 0.3) is 0 Å². The van der Waals surface area contributed by atoms with Gasteiger partial charge >= 0.3 is 0 Å². The van der Waals surface area contributed by atoms with E-state index < -0.39 is 0 Å². The van der Waals surface area contributed by atoms with Crippen molar-refractivity contribution in [1.82, 2.24) is 10.6 Å². The molecule has 1 fully saturated rings. The molecule has 3 N–H and O–H groups in total. The first-order valence-corrected chi connectivity index (χ1v) is 5.32. The number of rotatable bonds is 5. The predicted octanol–water partition coefficient (Wildman–Crippen LogP) is 0.345. The Balaban J connectivity index is 1.99. The number of hydrogen-bond donors (Lipinski definition) is 3. The molecule has 0 radical (unpaired) electrons. The molecule has 1 rings (SSSR count). The topological polar surface area (TPSA) is 44.3 Å². The zero-order valence-electron chi connectivity index (χ0n) is 8.71. The molecule has 1 heterocycles. The fraction of sp³-hybridized carbons (Fsp3) is 1.00. The second-order valence-electron chi connectivity index (χ2n) is 4.26. The maximum atomic E-state index is 9.52. The maximum Gasteiger partial charge on any atom is 0.0687 e. The van der Waals surface area contributed by atoms with Crippen LogP contribution in [0.15, 0.2) is 0 Å². The van der Waals surface area contributed by atoms with Crippen molar-refractivity contribution in [2.45, 2.75) is 38.8 Å². The van der Waals surface area contributed by atoms with E-state index in [-0.39, 0.29) is 6.10 Å². The lowest BCUT2D eigenvalue weighted by atomic mass is 10.1. The van der Waals surface area contributed by atoms with E-state index in [1.54, 1.807) is 0 Å². The Morgan fingerprint density at radius 3 is 2.85 bits per heavy atom. The van der Waals surface area contributed by atoms with Crippen molar-refractivity contribution < 1.29 is 5.11 Å². The summed E-state index contributed by atoms with van der Waals surface area (Å²) in [5.74, 6) is 0.351. The largest absolute Gasteiger partial charge is 0.392 e. The van der Waals surface area contributed by atoms with Gasteiger partial charge in [0.05, 0.1) is 6.10 Å². The lowest BCUT2D eigenvalue weighted by molar-refractivity contribution is 0.123. The molecule has 0 aromatic carbocycles. The highest BCUT2D eigenvalue weighted by atomic mass is 16.3. The van der Waals surface area contributed by atoms with Crippen LogP contribution in [0.3, 0.4) is 0 Å². The van der Waals surface area contributed by atoms with Crippen molar-refractivity contribution in [3.05, 3.63) is 0 Å². The SMILES string of the molecule is CC(C)C(O)CNCC1CCCN1. The molecule has 1 aliphatic heterocycles. The minimum Gasteiger partial charge on any atom is -0.392 e. The van der Waals surface area contributed by atoms with Crippen LogP contribution in [0.1, 0.15) is 26.7 Å². The average Bonchev–Trinajstić information content (AvgIpc) is 2.56. The number of hydrogen-bond acceptors (Lipinski definition) is 3. The van der Waals surface area contributed by atoms with Gasteiger partial charge in [-0.2, -0.15) is 0 Å². The molecule has 0 saturated carbocycles. The lowest BCUT2D eigenvalue weighted by Gasteiger charge is -2.17. The van der Waals surface area contributed by atoms with Crippen molar-refractivity contribution >= 4 is 0 Å². The monoisotopic (exact) mass is 186 g/mol. The summed E-state index contributed by atoms with van der Waals surface area (Å²) in [7, 11) is 0. The summed E-state index contributed by atoms with van der Waals surface area (Å²) in [4.78, 5) is 0. The molecule has 1 aliphatic rings. The average molecular weight is 186 g/mol. The third-order valence-electron chi connectivity index (χ3n) is 2.68. The fourth-order valence-corrected chi connectivity index (χ4v) is 1.57. The van der Waals surface area contributed by atoms with Crippen LogP contribution in [-0.4, -0.2) is 36.9 Å². The molecule has 2 atom stereocenters. The Morgan fingerprint density at radius 1 is 1.54 bits per heavy atom. The van der Waals surface area contributed by atoms with E-state index >= 15 is 0 Å². The highest BCUT2D eigenvalue weighted by molar-refractivity contribution is 4.76. The molecule has 0 aliphatic carbocycles. The number of aliphatic hydroxyl groups is 1. The summed E-state index contributed by atoms with van der Waals surface area (Å²) >= 11 is 0. The normalized spacial score (nSPS) is 25.4. The Labute approximate surface area is 80.9 Å². The molecule has 78 valence electrons. The van der Waals surface area contributed by atoms with Crippen molar-refractivity contribution in [3.8, 4) is 0 Å². The Hall–Kier alpha value is -0.120. The second-order valence-corrected chi connectivity index (χ2v) is 4.26. The van der Waals surface area contributed by atoms with Gasteiger partial charge in [0, 0.05) is 19.1 Å². The third kappa shape index (κ3) is 4.07. The Kier molecular flexibility index (Phi) is 4.70. The van der Waals surface area contributed by atoms with E-state index in [0.717, 1.165) is 19.6 Å². The molecule has 2 unspecified atom stereocenters. The summed E-state index contributed by atoms with van der Waals surface area (Å²) in [6, 6.07) is 0.624. The summed E-state index contributed by atoms with van der Waals surface area (Å²) in [6.07, 6.45) is 2.35. The Morgan fingerprint density at radius 2 is 2.31 bits per heavy atom. The van der Waals surface area contributed by atoms with Gasteiger partial charge < -0.3 is 15.7 Å². The van der Waals surface area contributed by atoms with Gasteiger partial charge in [-0.25, -0.2) is 0 Å². The van der Waals surface area contributed by atoms with Gasteiger partial charge in [-0.05, 0) is 25.3 Å². The first-order valence-electron chi connectivity index (χ1n) is 5.32. The molecule has 1 saturated heterocycles. The molecule has 3 heteroatoms. The molecule has 0 spiro atoms. The highest BCUT2D eigenvalue weighted by Gasteiger charge is 2.14. The first kappa shape index (κ1) is 11.0. The lowest BCUT2D eigenvalue weighted by Crippen LogP contribution is -2.38. The standard InChI is InChI=1S/C10H22N2O/c1-8(2)10(13)7-11-6-9-4-3-5-12-9/h8-13H,3-7H2,1-2H3. The van der Waals surface area contributed by atoms with E-state index in [1.165, 1.54) is 12.8 Å². The van der Waals surface area contributed by atoms with Gasteiger partial charge in [0.1, 0.15) is 0 Å². The van der Waals surface area contributed by atoms with E-state index in [4.69, 9.17) is 0 Å². The molecule has 0 bridgehead atoms. The summed E-state index contributed by atoms with van der Waals surface area (Å²) in [5.41, 5.74) is 0. The predicted molar refractivity (Wildman–Crippen MR) is 54.7 cm³/mol. The number of aliphatic hydroxyl groups excluding tert-OH is 1. The van der Waals surface area contributed by atoms with E-state index in [1.807, 2.05) is 13.8 Å². The van der Waals surface area contributed by atoms with Crippen LogP contribution in [0.5, 0.6) is 0 Å². The second kappa shape index (κ2) is 5.58. The van der Waals surface area contributed by atoms with Crippen molar-refractivity contribution in [1.29, 1.82) is 0 Å². The van der Waals surface area contributed by atoms with Crippen LogP contribution in [-0.2, 0) is 0 Å². The van der Waals surface area contributed by atoms with Crippen LogP contribution in [0.2, 0.25) is 0 Å². The van der Waals surface area contributed by atoms with Crippen LogP contribution in [0, 0.1) is 5.92 Å². The van der Waals surface area contributed by atoms with Gasteiger partial charge in [-0.15, -0.1) is 0 Å². The van der Waals surface area contributed by atoms with Gasteiger partial charge in [0.15, 0.2) is 0 Å². The first-order chi connectivity index (χ1) is 6.20. The smallest absolute Gasteiger partial charge is 0.0687 e. The van der Waals surface area contributed by atoms with Crippen molar-refractivity contribution in [2.75, 3.05) is 19.6 Å². The molecule has 13 heavy (non-hydrogen) atoms. The molecular weight excluding hydrogens is 164 g/mol. The summed E-state index contributed by atoms with van der Waals surface area (Å²) < 4.78 is 0. The van der Waals surface area contributed by atoms with Gasteiger partial charge in [-0.1, -0.05) is 13.8 Å². The van der Waals surface area contributed by atoms with E-state index in [0.29, 0.717) is 12.0 Å². The molecule has 0 aromatic rings. The van der Waals surface area contributed by atoms with Gasteiger partial charge in [0.25, 0.3) is 0 Å².